The van der Waals surface area contributed by atoms with Crippen molar-refractivity contribution >= 4 is 5.91 Å². The Kier molecular flexibility index (Phi) is 3.45. The van der Waals surface area contributed by atoms with Crippen molar-refractivity contribution in [2.45, 2.75) is 18.8 Å². The fourth-order valence-electron chi connectivity index (χ4n) is 3.15. The van der Waals surface area contributed by atoms with E-state index in [-0.39, 0.29) is 5.91 Å². The van der Waals surface area contributed by atoms with Gasteiger partial charge in [-0.1, -0.05) is 0 Å². The van der Waals surface area contributed by atoms with Crippen LogP contribution in [0, 0.1) is 0 Å². The molecule has 4 rings (SSSR count). The predicted molar refractivity (Wildman–Crippen MR) is 82.8 cm³/mol. The first-order chi connectivity index (χ1) is 11.3. The minimum Gasteiger partial charge on any atom is -0.472 e. The van der Waals surface area contributed by atoms with Crippen LogP contribution in [0.4, 0.5) is 0 Å². The van der Waals surface area contributed by atoms with Gasteiger partial charge in [-0.15, -0.1) is 0 Å². The first kappa shape index (κ1) is 13.8. The summed E-state index contributed by atoms with van der Waals surface area (Å²) in [5.74, 6) is 0.304. The number of nitrogens with zero attached hydrogens (tertiary/aromatic N) is 3. The topological polar surface area (TPSA) is 90.8 Å². The van der Waals surface area contributed by atoms with Crippen LogP contribution < -0.4 is 0 Å². The molecule has 0 saturated carbocycles. The lowest BCUT2D eigenvalue weighted by Gasteiger charge is -2.32. The number of hydrogen-bond donors (Lipinski definition) is 2. The van der Waals surface area contributed by atoms with Gasteiger partial charge in [0.25, 0.3) is 5.91 Å². The quantitative estimate of drug-likeness (QED) is 0.777. The van der Waals surface area contributed by atoms with E-state index < -0.39 is 0 Å². The number of aromatic nitrogens is 4. The smallest absolute Gasteiger partial charge is 0.257 e. The summed E-state index contributed by atoms with van der Waals surface area (Å²) in [6.07, 6.45) is 8.57. The molecule has 4 heterocycles. The Bertz CT molecular complexity index is 775. The number of H-pyrrole nitrogens is 2. The molecule has 7 heteroatoms. The van der Waals surface area contributed by atoms with E-state index in [0.29, 0.717) is 23.7 Å². The molecule has 0 aliphatic carbocycles. The van der Waals surface area contributed by atoms with Gasteiger partial charge in [0.1, 0.15) is 0 Å². The van der Waals surface area contributed by atoms with Gasteiger partial charge in [-0.2, -0.15) is 10.2 Å². The molecule has 0 spiro atoms. The Morgan fingerprint density at radius 1 is 1.30 bits per heavy atom. The number of likely N-dealkylation sites (tertiary alicyclic amines) is 1. The minimum absolute atomic E-state index is 0.000773. The zero-order valence-corrected chi connectivity index (χ0v) is 12.5. The number of carbonyl (C=O) groups excluding carboxylic acids is 1. The first-order valence-electron chi connectivity index (χ1n) is 7.67. The van der Waals surface area contributed by atoms with Crippen molar-refractivity contribution in [2.24, 2.45) is 0 Å². The second-order valence-corrected chi connectivity index (χ2v) is 5.77. The highest BCUT2D eigenvalue weighted by atomic mass is 16.3. The van der Waals surface area contributed by atoms with E-state index in [0.717, 1.165) is 30.6 Å². The Hall–Kier alpha value is -2.83. The van der Waals surface area contributed by atoms with Gasteiger partial charge >= 0.3 is 0 Å². The van der Waals surface area contributed by atoms with Crippen LogP contribution >= 0.6 is 0 Å². The Morgan fingerprint density at radius 2 is 2.26 bits per heavy atom. The maximum Gasteiger partial charge on any atom is 0.257 e. The van der Waals surface area contributed by atoms with Gasteiger partial charge in [-0.3, -0.25) is 15.0 Å². The molecule has 0 bridgehead atoms. The van der Waals surface area contributed by atoms with Gasteiger partial charge in [0.2, 0.25) is 0 Å². The summed E-state index contributed by atoms with van der Waals surface area (Å²) in [6.45, 7) is 1.45. The van der Waals surface area contributed by atoms with E-state index in [1.807, 2.05) is 17.0 Å². The number of carbonyl (C=O) groups is 1. The van der Waals surface area contributed by atoms with Gasteiger partial charge in [-0.25, -0.2) is 0 Å². The van der Waals surface area contributed by atoms with E-state index in [9.17, 15) is 4.79 Å². The fraction of sp³-hybridized carbons (Fsp3) is 0.312. The highest BCUT2D eigenvalue weighted by Crippen LogP contribution is 2.28. The number of aromatic amines is 2. The van der Waals surface area contributed by atoms with E-state index in [4.69, 9.17) is 4.42 Å². The molecule has 1 saturated heterocycles. The molecule has 1 fully saturated rings. The summed E-state index contributed by atoms with van der Waals surface area (Å²) in [4.78, 5) is 14.8. The highest BCUT2D eigenvalue weighted by Gasteiger charge is 2.28. The molecule has 3 aromatic rings. The van der Waals surface area contributed by atoms with Crippen LogP contribution in [0.5, 0.6) is 0 Å². The van der Waals surface area contributed by atoms with E-state index in [1.165, 1.54) is 0 Å². The Morgan fingerprint density at radius 3 is 3.04 bits per heavy atom. The summed E-state index contributed by atoms with van der Waals surface area (Å²) in [5, 5.41) is 14.0. The first-order valence-corrected chi connectivity index (χ1v) is 7.67. The van der Waals surface area contributed by atoms with Crippen LogP contribution in [0.15, 0.2) is 41.5 Å². The van der Waals surface area contributed by atoms with Crippen LogP contribution in [0.1, 0.15) is 34.8 Å². The fourth-order valence-corrected chi connectivity index (χ4v) is 3.15. The number of nitrogens with one attached hydrogen (secondary N) is 2. The molecular formula is C16H17N5O2. The van der Waals surface area contributed by atoms with Gasteiger partial charge < -0.3 is 9.32 Å². The average Bonchev–Trinajstić information content (AvgIpc) is 3.35. The summed E-state index contributed by atoms with van der Waals surface area (Å²) >= 11 is 0. The van der Waals surface area contributed by atoms with Crippen molar-refractivity contribution in [1.29, 1.82) is 0 Å². The molecule has 0 aromatic carbocycles. The molecule has 7 nitrogen and oxygen atoms in total. The van der Waals surface area contributed by atoms with Crippen molar-refractivity contribution in [3.63, 3.8) is 0 Å². The number of piperidine rings is 1. The largest absolute Gasteiger partial charge is 0.472 e. The normalized spacial score (nSPS) is 18.3. The third-order valence-electron chi connectivity index (χ3n) is 4.35. The van der Waals surface area contributed by atoms with Crippen molar-refractivity contribution in [2.75, 3.05) is 13.1 Å². The predicted octanol–water partition coefficient (Wildman–Crippen LogP) is 2.41. The zero-order valence-electron chi connectivity index (χ0n) is 12.5. The van der Waals surface area contributed by atoms with Gasteiger partial charge in [-0.05, 0) is 25.0 Å². The third-order valence-corrected chi connectivity index (χ3v) is 4.35. The SMILES string of the molecule is O=C(c1cn[nH]c1-c1ccoc1)N1CCCC(c2ccn[nH]2)C1. The molecule has 1 aliphatic rings. The molecule has 3 aromatic heterocycles. The molecule has 1 amide bonds. The summed E-state index contributed by atoms with van der Waals surface area (Å²) in [7, 11) is 0. The number of furan rings is 1. The molecule has 2 N–H and O–H groups in total. The van der Waals surface area contributed by atoms with Gasteiger partial charge in [0.05, 0.1) is 30.0 Å². The molecule has 1 aliphatic heterocycles. The summed E-state index contributed by atoms with van der Waals surface area (Å²) < 4.78 is 5.10. The zero-order chi connectivity index (χ0) is 15.6. The van der Waals surface area contributed by atoms with Crippen molar-refractivity contribution in [3.05, 3.63) is 48.3 Å². The Labute approximate surface area is 132 Å². The van der Waals surface area contributed by atoms with Crippen LogP contribution in [0.25, 0.3) is 11.3 Å². The molecule has 23 heavy (non-hydrogen) atoms. The average molecular weight is 311 g/mol. The van der Waals surface area contributed by atoms with Crippen molar-refractivity contribution in [3.8, 4) is 11.3 Å². The molecule has 0 radical (unpaired) electrons. The molecule has 1 unspecified atom stereocenters. The maximum absolute atomic E-state index is 12.9. The Balaban J connectivity index is 1.56. The lowest BCUT2D eigenvalue weighted by Crippen LogP contribution is -2.39. The van der Waals surface area contributed by atoms with Crippen LogP contribution in [-0.4, -0.2) is 44.3 Å². The second kappa shape index (κ2) is 5.75. The van der Waals surface area contributed by atoms with Crippen molar-refractivity contribution < 1.29 is 9.21 Å². The molecule has 118 valence electrons. The third kappa shape index (κ3) is 2.54. The van der Waals surface area contributed by atoms with Crippen molar-refractivity contribution in [1.82, 2.24) is 25.3 Å². The number of hydrogen-bond acceptors (Lipinski definition) is 4. The van der Waals surface area contributed by atoms with Gasteiger partial charge in [0, 0.05) is 36.5 Å². The number of amides is 1. The van der Waals surface area contributed by atoms with Crippen LogP contribution in [0.2, 0.25) is 0 Å². The van der Waals surface area contributed by atoms with Crippen LogP contribution in [0.3, 0.4) is 0 Å². The van der Waals surface area contributed by atoms with Gasteiger partial charge in [0.15, 0.2) is 0 Å². The molecular weight excluding hydrogens is 294 g/mol. The summed E-state index contributed by atoms with van der Waals surface area (Å²) in [6, 6.07) is 3.79. The van der Waals surface area contributed by atoms with Crippen LogP contribution in [-0.2, 0) is 0 Å². The lowest BCUT2D eigenvalue weighted by molar-refractivity contribution is 0.0706. The highest BCUT2D eigenvalue weighted by molar-refractivity contribution is 5.99. The monoisotopic (exact) mass is 311 g/mol. The van der Waals surface area contributed by atoms with E-state index in [1.54, 1.807) is 24.9 Å². The number of rotatable bonds is 3. The second-order valence-electron chi connectivity index (χ2n) is 5.77. The van der Waals surface area contributed by atoms with E-state index >= 15 is 0 Å². The molecule has 1 atom stereocenters. The standard InChI is InChI=1S/C16H17N5O2/c22-16(13-8-18-20-15(13)12-4-7-23-10-12)21-6-1-2-11(9-21)14-3-5-17-19-14/h3-5,7-8,10-11H,1-2,6,9H2,(H,17,19)(H,18,20). The summed E-state index contributed by atoms with van der Waals surface area (Å²) in [5.41, 5.74) is 3.20. The maximum atomic E-state index is 12.9. The lowest BCUT2D eigenvalue weighted by atomic mass is 9.94. The minimum atomic E-state index is -0.000773. The van der Waals surface area contributed by atoms with E-state index in [2.05, 4.69) is 20.4 Å².